The molecule has 1 amide bonds. The van der Waals surface area contributed by atoms with E-state index in [0.717, 1.165) is 11.3 Å². The summed E-state index contributed by atoms with van der Waals surface area (Å²) in [5.41, 5.74) is 2.60. The monoisotopic (exact) mass is 420 g/mol. The van der Waals surface area contributed by atoms with Gasteiger partial charge in [-0.25, -0.2) is 18.7 Å². The highest BCUT2D eigenvalue weighted by Crippen LogP contribution is 2.32. The highest BCUT2D eigenvalue weighted by molar-refractivity contribution is 7.99. The van der Waals surface area contributed by atoms with Crippen LogP contribution in [0, 0.1) is 13.8 Å². The number of carbonyl (C=O) groups is 1. The number of hydrogen-bond donors (Lipinski definition) is 1. The summed E-state index contributed by atoms with van der Waals surface area (Å²) in [6.45, 7) is 6.30. The molecule has 1 N–H and O–H groups in total. The Hall–Kier alpha value is -2.22. The lowest BCUT2D eigenvalue weighted by Gasteiger charge is -2.25. The summed E-state index contributed by atoms with van der Waals surface area (Å²) >= 11 is 1.47. The molecule has 0 bridgehead atoms. The average Bonchev–Trinajstić information content (AvgIpc) is 2.82. The summed E-state index contributed by atoms with van der Waals surface area (Å²) in [7, 11) is 0. The predicted molar refractivity (Wildman–Crippen MR) is 113 cm³/mol. The molecule has 0 saturated carbocycles. The third-order valence-corrected chi connectivity index (χ3v) is 5.57. The van der Waals surface area contributed by atoms with Gasteiger partial charge in [-0.3, -0.25) is 4.79 Å². The lowest BCUT2D eigenvalue weighted by atomic mass is 10.1. The number of nitrogens with zero attached hydrogens (tertiary/aromatic N) is 3. The molecule has 1 saturated heterocycles. The largest absolute Gasteiger partial charge is 0.356 e. The molecule has 5 nitrogen and oxygen atoms in total. The van der Waals surface area contributed by atoms with Crippen molar-refractivity contribution >= 4 is 29.2 Å². The zero-order chi connectivity index (χ0) is 21.0. The Morgan fingerprint density at radius 2 is 2.03 bits per heavy atom. The molecule has 1 aliphatic rings. The summed E-state index contributed by atoms with van der Waals surface area (Å²) in [4.78, 5) is 24.0. The SMILES string of the molecule is CCSc1nc(C)c(C(=O)Nc2cccc(C)c2)c(N2CCCC(F)(F)CC2)n1. The van der Waals surface area contributed by atoms with E-state index in [1.807, 2.05) is 38.1 Å². The molecule has 1 aromatic carbocycles. The van der Waals surface area contributed by atoms with Gasteiger partial charge in [-0.05, 0) is 43.7 Å². The molecule has 1 fully saturated rings. The number of hydrogen-bond acceptors (Lipinski definition) is 5. The maximum atomic E-state index is 13.9. The van der Waals surface area contributed by atoms with Gasteiger partial charge >= 0.3 is 0 Å². The van der Waals surface area contributed by atoms with Gasteiger partial charge in [-0.15, -0.1) is 0 Å². The van der Waals surface area contributed by atoms with Gasteiger partial charge in [0.05, 0.1) is 5.69 Å². The van der Waals surface area contributed by atoms with E-state index in [1.54, 1.807) is 11.8 Å². The molecule has 2 heterocycles. The van der Waals surface area contributed by atoms with Crippen molar-refractivity contribution in [3.8, 4) is 0 Å². The Labute approximate surface area is 174 Å². The molecule has 156 valence electrons. The van der Waals surface area contributed by atoms with Crippen LogP contribution in [0.5, 0.6) is 0 Å². The second-order valence-electron chi connectivity index (χ2n) is 7.24. The fourth-order valence-corrected chi connectivity index (χ4v) is 4.02. The van der Waals surface area contributed by atoms with E-state index < -0.39 is 5.92 Å². The average molecular weight is 421 g/mol. The van der Waals surface area contributed by atoms with Crippen molar-refractivity contribution in [2.24, 2.45) is 0 Å². The second-order valence-corrected chi connectivity index (χ2v) is 8.47. The first-order valence-electron chi connectivity index (χ1n) is 9.81. The zero-order valence-corrected chi connectivity index (χ0v) is 17.8. The molecule has 0 atom stereocenters. The molecule has 1 aliphatic heterocycles. The van der Waals surface area contributed by atoms with Gasteiger partial charge in [-0.1, -0.05) is 30.8 Å². The third-order valence-electron chi connectivity index (χ3n) is 4.84. The van der Waals surface area contributed by atoms with E-state index in [-0.39, 0.29) is 25.3 Å². The quantitative estimate of drug-likeness (QED) is 0.540. The van der Waals surface area contributed by atoms with Crippen LogP contribution in [0.2, 0.25) is 0 Å². The van der Waals surface area contributed by atoms with E-state index in [1.165, 1.54) is 11.8 Å². The van der Waals surface area contributed by atoms with Crippen LogP contribution in [-0.4, -0.2) is 40.6 Å². The number of aromatic nitrogens is 2. The van der Waals surface area contributed by atoms with E-state index >= 15 is 0 Å². The molecule has 0 unspecified atom stereocenters. The first-order chi connectivity index (χ1) is 13.8. The summed E-state index contributed by atoms with van der Waals surface area (Å²) in [6.07, 6.45) is -0.0363. The number of amides is 1. The summed E-state index contributed by atoms with van der Waals surface area (Å²) in [5.74, 6) is -1.78. The number of benzene rings is 1. The van der Waals surface area contributed by atoms with E-state index in [2.05, 4.69) is 15.3 Å². The number of aryl methyl sites for hydroxylation is 2. The summed E-state index contributed by atoms with van der Waals surface area (Å²) in [5, 5.41) is 3.46. The van der Waals surface area contributed by atoms with Crippen molar-refractivity contribution in [3.63, 3.8) is 0 Å². The molecule has 0 radical (unpaired) electrons. The van der Waals surface area contributed by atoms with Gasteiger partial charge in [0.25, 0.3) is 5.91 Å². The highest BCUT2D eigenvalue weighted by Gasteiger charge is 2.33. The Kier molecular flexibility index (Phi) is 6.72. The fraction of sp³-hybridized carbons (Fsp3) is 0.476. The maximum Gasteiger partial charge on any atom is 0.261 e. The first-order valence-corrected chi connectivity index (χ1v) is 10.8. The Morgan fingerprint density at radius 3 is 2.76 bits per heavy atom. The van der Waals surface area contributed by atoms with Gasteiger partial charge in [0, 0.05) is 31.6 Å². The maximum absolute atomic E-state index is 13.9. The summed E-state index contributed by atoms with van der Waals surface area (Å²) < 4.78 is 27.7. The van der Waals surface area contributed by atoms with Crippen molar-refractivity contribution in [2.45, 2.75) is 51.1 Å². The van der Waals surface area contributed by atoms with Gasteiger partial charge in [-0.2, -0.15) is 0 Å². The number of thioether (sulfide) groups is 1. The van der Waals surface area contributed by atoms with E-state index in [4.69, 9.17) is 0 Å². The molecule has 0 aliphatic carbocycles. The number of rotatable bonds is 5. The standard InChI is InChI=1S/C21H26F2N4OS/c1-4-29-20-24-15(3)17(19(28)25-16-8-5-7-14(2)13-16)18(26-20)27-11-6-9-21(22,23)10-12-27/h5,7-8,13H,4,6,9-12H2,1-3H3,(H,25,28). The van der Waals surface area contributed by atoms with Crippen LogP contribution in [0.25, 0.3) is 0 Å². The van der Waals surface area contributed by atoms with Crippen LogP contribution in [-0.2, 0) is 0 Å². The molecule has 0 spiro atoms. The van der Waals surface area contributed by atoms with Gasteiger partial charge in [0.2, 0.25) is 5.92 Å². The van der Waals surface area contributed by atoms with Crippen molar-refractivity contribution in [1.29, 1.82) is 0 Å². The van der Waals surface area contributed by atoms with Crippen LogP contribution in [0.3, 0.4) is 0 Å². The van der Waals surface area contributed by atoms with Crippen LogP contribution < -0.4 is 10.2 Å². The number of alkyl halides is 2. The molecular weight excluding hydrogens is 394 g/mol. The second kappa shape index (κ2) is 9.07. The van der Waals surface area contributed by atoms with Crippen LogP contribution in [0.15, 0.2) is 29.4 Å². The zero-order valence-electron chi connectivity index (χ0n) is 17.0. The van der Waals surface area contributed by atoms with Crippen LogP contribution >= 0.6 is 11.8 Å². The smallest absolute Gasteiger partial charge is 0.261 e. The first kappa shape index (κ1) is 21.5. The van der Waals surface area contributed by atoms with Gasteiger partial charge < -0.3 is 10.2 Å². The highest BCUT2D eigenvalue weighted by atomic mass is 32.2. The van der Waals surface area contributed by atoms with Gasteiger partial charge in [0.15, 0.2) is 5.16 Å². The minimum Gasteiger partial charge on any atom is -0.356 e. The van der Waals surface area contributed by atoms with Crippen molar-refractivity contribution in [2.75, 3.05) is 29.1 Å². The Morgan fingerprint density at radius 1 is 1.24 bits per heavy atom. The van der Waals surface area contributed by atoms with Crippen molar-refractivity contribution in [1.82, 2.24) is 9.97 Å². The van der Waals surface area contributed by atoms with Crippen LogP contribution in [0.4, 0.5) is 20.3 Å². The Balaban J connectivity index is 1.97. The molecule has 29 heavy (non-hydrogen) atoms. The van der Waals surface area contributed by atoms with Gasteiger partial charge in [0.1, 0.15) is 11.4 Å². The Bertz CT molecular complexity index is 891. The fourth-order valence-electron chi connectivity index (χ4n) is 3.41. The molecule has 1 aromatic heterocycles. The molecule has 3 rings (SSSR count). The third kappa shape index (κ3) is 5.44. The summed E-state index contributed by atoms with van der Waals surface area (Å²) in [6, 6.07) is 7.51. The minimum atomic E-state index is -2.68. The van der Waals surface area contributed by atoms with Crippen molar-refractivity contribution < 1.29 is 13.6 Å². The molecule has 2 aromatic rings. The molecule has 8 heteroatoms. The normalized spacial score (nSPS) is 16.4. The number of anilines is 2. The number of nitrogens with one attached hydrogen (secondary N) is 1. The van der Waals surface area contributed by atoms with Crippen molar-refractivity contribution in [3.05, 3.63) is 41.1 Å². The molecular formula is C21H26F2N4OS. The van der Waals surface area contributed by atoms with Crippen LogP contribution in [0.1, 0.15) is 47.8 Å². The number of carbonyl (C=O) groups excluding carboxylic acids is 1. The lowest BCUT2D eigenvalue weighted by Crippen LogP contribution is -2.30. The predicted octanol–water partition coefficient (Wildman–Crippen LogP) is 5.08. The number of halogens is 2. The lowest BCUT2D eigenvalue weighted by molar-refractivity contribution is -0.0102. The minimum absolute atomic E-state index is 0.144. The van der Waals surface area contributed by atoms with E-state index in [9.17, 15) is 13.6 Å². The topological polar surface area (TPSA) is 58.1 Å². The van der Waals surface area contributed by atoms with E-state index in [0.29, 0.717) is 40.9 Å².